The van der Waals surface area contributed by atoms with Crippen molar-refractivity contribution in [1.29, 1.82) is 0 Å². The second kappa shape index (κ2) is 7.25. The van der Waals surface area contributed by atoms with Crippen LogP contribution in [0, 0.1) is 6.92 Å². The van der Waals surface area contributed by atoms with Gasteiger partial charge in [0, 0.05) is 11.8 Å². The highest BCUT2D eigenvalue weighted by molar-refractivity contribution is 7.15. The lowest BCUT2D eigenvalue weighted by molar-refractivity contribution is 0.229. The van der Waals surface area contributed by atoms with Gasteiger partial charge in [-0.15, -0.1) is 0 Å². The van der Waals surface area contributed by atoms with E-state index in [4.69, 9.17) is 4.74 Å². The molecule has 2 N–H and O–H groups in total. The average Bonchev–Trinajstić information content (AvgIpc) is 3.19. The normalized spacial score (nSPS) is 12.2. The van der Waals surface area contributed by atoms with Crippen LogP contribution in [0.2, 0.25) is 0 Å². The number of ether oxygens (including phenoxy) is 1. The first-order valence-corrected chi connectivity index (χ1v) is 9.97. The molecule has 29 heavy (non-hydrogen) atoms. The van der Waals surface area contributed by atoms with E-state index in [0.717, 1.165) is 16.8 Å². The Hall–Kier alpha value is -3.32. The first kappa shape index (κ1) is 19.0. The summed E-state index contributed by atoms with van der Waals surface area (Å²) in [7, 11) is 0. The maximum Gasteiger partial charge on any atom is 0.274 e. The smallest absolute Gasteiger partial charge is 0.274 e. The molecule has 0 unspecified atom stereocenters. The Morgan fingerprint density at radius 1 is 1.17 bits per heavy atom. The zero-order chi connectivity index (χ0) is 20.7. The SMILES string of the molecule is Cc1ccc(-c2cn3c(=O)/c(=C/c4cc(O)c(O)c(OC(C)C)c4)sc3n2)cc1. The molecule has 148 valence electrons. The van der Waals surface area contributed by atoms with Gasteiger partial charge in [0.15, 0.2) is 16.5 Å². The molecule has 0 spiro atoms. The molecule has 0 atom stereocenters. The van der Waals surface area contributed by atoms with Gasteiger partial charge in [0.1, 0.15) is 0 Å². The van der Waals surface area contributed by atoms with Gasteiger partial charge < -0.3 is 14.9 Å². The summed E-state index contributed by atoms with van der Waals surface area (Å²) in [6.07, 6.45) is 3.22. The van der Waals surface area contributed by atoms with Gasteiger partial charge in [0.25, 0.3) is 5.56 Å². The van der Waals surface area contributed by atoms with E-state index in [1.807, 2.05) is 45.0 Å². The first-order chi connectivity index (χ1) is 13.8. The summed E-state index contributed by atoms with van der Waals surface area (Å²) < 4.78 is 7.53. The maximum atomic E-state index is 12.8. The summed E-state index contributed by atoms with van der Waals surface area (Å²) in [5, 5.41) is 19.9. The van der Waals surface area contributed by atoms with Crippen molar-refractivity contribution >= 4 is 22.4 Å². The Balaban J connectivity index is 1.77. The van der Waals surface area contributed by atoms with E-state index in [9.17, 15) is 15.0 Å². The Morgan fingerprint density at radius 2 is 1.90 bits per heavy atom. The van der Waals surface area contributed by atoms with Gasteiger partial charge in [-0.1, -0.05) is 41.2 Å². The molecule has 4 rings (SSSR count). The molecule has 7 heteroatoms. The molecule has 0 aliphatic carbocycles. The third kappa shape index (κ3) is 3.69. The second-order valence-corrected chi connectivity index (χ2v) is 8.12. The Kier molecular flexibility index (Phi) is 4.76. The van der Waals surface area contributed by atoms with Crippen molar-refractivity contribution in [3.05, 3.63) is 68.6 Å². The quantitative estimate of drug-likeness (QED) is 0.505. The minimum atomic E-state index is -0.318. The minimum Gasteiger partial charge on any atom is -0.504 e. The van der Waals surface area contributed by atoms with Gasteiger partial charge in [-0.3, -0.25) is 9.20 Å². The number of thiazole rings is 1. The van der Waals surface area contributed by atoms with Crippen LogP contribution in [-0.4, -0.2) is 25.7 Å². The van der Waals surface area contributed by atoms with Crippen molar-refractivity contribution in [3.8, 4) is 28.5 Å². The number of fused-ring (bicyclic) bond motifs is 1. The number of nitrogens with zero attached hydrogens (tertiary/aromatic N) is 2. The monoisotopic (exact) mass is 408 g/mol. The van der Waals surface area contributed by atoms with E-state index < -0.39 is 0 Å². The van der Waals surface area contributed by atoms with Crippen LogP contribution < -0.4 is 14.8 Å². The molecular formula is C22H20N2O4S. The molecule has 2 heterocycles. The fourth-order valence-electron chi connectivity index (χ4n) is 2.99. The topological polar surface area (TPSA) is 84.1 Å². The summed E-state index contributed by atoms with van der Waals surface area (Å²) in [5.41, 5.74) is 3.23. The van der Waals surface area contributed by atoms with E-state index >= 15 is 0 Å². The molecule has 0 aliphatic heterocycles. The van der Waals surface area contributed by atoms with Crippen LogP contribution in [-0.2, 0) is 0 Å². The van der Waals surface area contributed by atoms with E-state index in [2.05, 4.69) is 4.98 Å². The number of aryl methyl sites for hydroxylation is 1. The van der Waals surface area contributed by atoms with Gasteiger partial charge >= 0.3 is 0 Å². The second-order valence-electron chi connectivity index (χ2n) is 7.11. The molecule has 0 bridgehead atoms. The van der Waals surface area contributed by atoms with Crippen molar-refractivity contribution in [1.82, 2.24) is 9.38 Å². The average molecular weight is 408 g/mol. The number of phenols is 2. The summed E-state index contributed by atoms with van der Waals surface area (Å²) in [5.74, 6) is -0.451. The molecule has 0 radical (unpaired) electrons. The highest BCUT2D eigenvalue weighted by atomic mass is 32.1. The van der Waals surface area contributed by atoms with Gasteiger partial charge in [-0.2, -0.15) is 0 Å². The zero-order valence-corrected chi connectivity index (χ0v) is 17.0. The van der Waals surface area contributed by atoms with Crippen molar-refractivity contribution in [2.45, 2.75) is 26.9 Å². The first-order valence-electron chi connectivity index (χ1n) is 9.15. The summed E-state index contributed by atoms with van der Waals surface area (Å²) >= 11 is 1.27. The summed E-state index contributed by atoms with van der Waals surface area (Å²) in [6.45, 7) is 5.66. The van der Waals surface area contributed by atoms with E-state index in [0.29, 0.717) is 15.1 Å². The van der Waals surface area contributed by atoms with Crippen LogP contribution in [0.25, 0.3) is 22.3 Å². The molecule has 0 aliphatic rings. The fraction of sp³-hybridized carbons (Fsp3) is 0.182. The Bertz CT molecular complexity index is 1300. The van der Waals surface area contributed by atoms with Crippen molar-refractivity contribution in [2.75, 3.05) is 0 Å². The lowest BCUT2D eigenvalue weighted by Crippen LogP contribution is -2.22. The lowest BCUT2D eigenvalue weighted by atomic mass is 10.1. The van der Waals surface area contributed by atoms with Crippen LogP contribution in [0.4, 0.5) is 0 Å². The van der Waals surface area contributed by atoms with Crippen LogP contribution in [0.3, 0.4) is 0 Å². The van der Waals surface area contributed by atoms with Gasteiger partial charge in [0.05, 0.1) is 16.3 Å². The van der Waals surface area contributed by atoms with Gasteiger partial charge in [-0.05, 0) is 44.5 Å². The Labute approximate surface area is 171 Å². The predicted octanol–water partition coefficient (Wildman–Crippen LogP) is 3.48. The molecule has 6 nitrogen and oxygen atoms in total. The van der Waals surface area contributed by atoms with Crippen LogP contribution in [0.1, 0.15) is 25.0 Å². The zero-order valence-electron chi connectivity index (χ0n) is 16.2. The predicted molar refractivity (Wildman–Crippen MR) is 114 cm³/mol. The molecule has 0 amide bonds. The third-order valence-electron chi connectivity index (χ3n) is 4.39. The van der Waals surface area contributed by atoms with Gasteiger partial charge in [0.2, 0.25) is 5.75 Å². The third-order valence-corrected chi connectivity index (χ3v) is 5.37. The molecule has 4 aromatic rings. The highest BCUT2D eigenvalue weighted by Crippen LogP contribution is 2.37. The molecule has 0 saturated heterocycles. The number of hydrogen-bond donors (Lipinski definition) is 2. The number of imidazole rings is 1. The van der Waals surface area contributed by atoms with Crippen LogP contribution >= 0.6 is 11.3 Å². The van der Waals surface area contributed by atoms with Crippen molar-refractivity contribution in [3.63, 3.8) is 0 Å². The summed E-state index contributed by atoms with van der Waals surface area (Å²) in [4.78, 5) is 18.0. The fourth-order valence-corrected chi connectivity index (χ4v) is 3.94. The molecule has 2 aromatic heterocycles. The minimum absolute atomic E-state index is 0.168. The van der Waals surface area contributed by atoms with Gasteiger partial charge in [-0.25, -0.2) is 4.98 Å². The standard InChI is InChI=1S/C22H20N2O4S/c1-12(2)28-18-9-14(8-17(25)20(18)26)10-19-21(27)24-11-16(23-22(24)29-19)15-6-4-13(3)5-7-15/h4-12,25-26H,1-3H3/b19-10-. The molecular weight excluding hydrogens is 388 g/mol. The number of phenolic OH excluding ortho intramolecular Hbond substituents is 2. The van der Waals surface area contributed by atoms with Crippen LogP contribution in [0.5, 0.6) is 17.2 Å². The number of benzene rings is 2. The highest BCUT2D eigenvalue weighted by Gasteiger charge is 2.13. The number of aromatic nitrogens is 2. The number of aromatic hydroxyl groups is 2. The van der Waals surface area contributed by atoms with Crippen LogP contribution in [0.15, 0.2) is 47.4 Å². The van der Waals surface area contributed by atoms with Crippen molar-refractivity contribution < 1.29 is 14.9 Å². The summed E-state index contributed by atoms with van der Waals surface area (Å²) in [6, 6.07) is 11.0. The molecule has 2 aromatic carbocycles. The Morgan fingerprint density at radius 3 is 2.55 bits per heavy atom. The van der Waals surface area contributed by atoms with E-state index in [1.165, 1.54) is 21.8 Å². The van der Waals surface area contributed by atoms with E-state index in [1.54, 1.807) is 18.3 Å². The molecule has 0 fully saturated rings. The largest absolute Gasteiger partial charge is 0.504 e. The molecule has 0 saturated carbocycles. The number of hydrogen-bond acceptors (Lipinski definition) is 6. The van der Waals surface area contributed by atoms with Crippen molar-refractivity contribution in [2.24, 2.45) is 0 Å². The number of rotatable bonds is 4. The van der Waals surface area contributed by atoms with E-state index in [-0.39, 0.29) is 28.9 Å². The lowest BCUT2D eigenvalue weighted by Gasteiger charge is -2.12. The maximum absolute atomic E-state index is 12.8.